The molecule has 1 atom stereocenters. The molecule has 8 nitrogen and oxygen atoms in total. The third-order valence-electron chi connectivity index (χ3n) is 5.66. The van der Waals surface area contributed by atoms with Crippen LogP contribution >= 0.6 is 11.6 Å². The zero-order chi connectivity index (χ0) is 22.8. The van der Waals surface area contributed by atoms with Gasteiger partial charge in [-0.1, -0.05) is 37.3 Å². The summed E-state index contributed by atoms with van der Waals surface area (Å²) in [6.07, 6.45) is 5.21. The Bertz CT molecular complexity index is 984. The minimum absolute atomic E-state index is 0.0243. The molecule has 2 aromatic rings. The number of benzene rings is 1. The normalized spacial score (nSPS) is 16.7. The van der Waals surface area contributed by atoms with Gasteiger partial charge in [-0.05, 0) is 51.8 Å². The van der Waals surface area contributed by atoms with Crippen molar-refractivity contribution in [1.29, 1.82) is 0 Å². The van der Waals surface area contributed by atoms with Crippen molar-refractivity contribution in [2.75, 3.05) is 0 Å². The standard InChI is InChI=1S/C22H31ClN4O4/c1-14-25-27(21(30)26(14)13-22(2,3)31)16-10-11-18(23)17(12-16)20(29)24-19(28)15-8-6-4-5-7-9-15/h10-12,15,19,28,31H,4-9,13H2,1-3H3,(H,24,29). The van der Waals surface area contributed by atoms with Gasteiger partial charge >= 0.3 is 5.69 Å². The molecule has 1 saturated carbocycles. The first kappa shape index (κ1) is 23.5. The molecule has 0 aliphatic heterocycles. The molecule has 0 bridgehead atoms. The summed E-state index contributed by atoms with van der Waals surface area (Å²) in [4.78, 5) is 25.7. The lowest BCUT2D eigenvalue weighted by Crippen LogP contribution is -2.40. The minimum atomic E-state index is -1.08. The number of aromatic nitrogens is 3. The highest BCUT2D eigenvalue weighted by Gasteiger charge is 2.24. The molecule has 3 rings (SSSR count). The van der Waals surface area contributed by atoms with Crippen molar-refractivity contribution in [3.63, 3.8) is 0 Å². The number of carbonyl (C=O) groups is 1. The van der Waals surface area contributed by atoms with Gasteiger partial charge < -0.3 is 15.5 Å². The molecule has 1 fully saturated rings. The van der Waals surface area contributed by atoms with Crippen LogP contribution in [0.5, 0.6) is 0 Å². The van der Waals surface area contributed by atoms with E-state index in [-0.39, 0.29) is 23.0 Å². The summed E-state index contributed by atoms with van der Waals surface area (Å²) >= 11 is 6.25. The average molecular weight is 451 g/mol. The Balaban J connectivity index is 1.84. The first-order valence-corrected chi connectivity index (χ1v) is 11.1. The zero-order valence-corrected chi connectivity index (χ0v) is 19.0. The van der Waals surface area contributed by atoms with E-state index in [1.54, 1.807) is 26.8 Å². The molecule has 1 aliphatic rings. The van der Waals surface area contributed by atoms with Gasteiger partial charge in [0.05, 0.1) is 28.4 Å². The highest BCUT2D eigenvalue weighted by Crippen LogP contribution is 2.25. The second kappa shape index (κ2) is 9.54. The maximum Gasteiger partial charge on any atom is 0.350 e. The van der Waals surface area contributed by atoms with Crippen LogP contribution in [0.2, 0.25) is 5.02 Å². The smallest absolute Gasteiger partial charge is 0.350 e. The molecule has 0 saturated heterocycles. The molecule has 1 heterocycles. The molecule has 1 unspecified atom stereocenters. The van der Waals surface area contributed by atoms with Crippen molar-refractivity contribution in [2.24, 2.45) is 5.92 Å². The van der Waals surface area contributed by atoms with Crippen LogP contribution in [0.25, 0.3) is 5.69 Å². The molecule has 170 valence electrons. The number of aryl methyl sites for hydroxylation is 1. The molecule has 1 amide bonds. The molecule has 1 aromatic carbocycles. The van der Waals surface area contributed by atoms with Crippen LogP contribution in [0, 0.1) is 12.8 Å². The summed E-state index contributed by atoms with van der Waals surface area (Å²) in [5.41, 5.74) is -0.969. The molecule has 0 radical (unpaired) electrons. The highest BCUT2D eigenvalue weighted by molar-refractivity contribution is 6.33. The Kier molecular flexibility index (Phi) is 7.24. The molecular formula is C22H31ClN4O4. The van der Waals surface area contributed by atoms with Gasteiger partial charge in [-0.3, -0.25) is 9.36 Å². The van der Waals surface area contributed by atoms with Crippen molar-refractivity contribution >= 4 is 17.5 Å². The molecular weight excluding hydrogens is 420 g/mol. The van der Waals surface area contributed by atoms with Crippen LogP contribution in [-0.4, -0.2) is 42.3 Å². The maximum absolute atomic E-state index is 12.8. The van der Waals surface area contributed by atoms with Gasteiger partial charge in [-0.2, -0.15) is 9.78 Å². The Labute approximate surface area is 186 Å². The molecule has 3 N–H and O–H groups in total. The van der Waals surface area contributed by atoms with Crippen molar-refractivity contribution in [1.82, 2.24) is 19.7 Å². The number of nitrogens with one attached hydrogen (secondary N) is 1. The van der Waals surface area contributed by atoms with Crippen LogP contribution in [0.15, 0.2) is 23.0 Å². The van der Waals surface area contributed by atoms with E-state index in [0.717, 1.165) is 38.5 Å². The van der Waals surface area contributed by atoms with Gasteiger partial charge in [0.2, 0.25) is 0 Å². The van der Waals surface area contributed by atoms with Crippen molar-refractivity contribution < 1.29 is 15.0 Å². The van der Waals surface area contributed by atoms with E-state index in [1.165, 1.54) is 21.4 Å². The van der Waals surface area contributed by atoms with Crippen LogP contribution in [0.1, 0.15) is 68.6 Å². The minimum Gasteiger partial charge on any atom is -0.389 e. The fourth-order valence-corrected chi connectivity index (χ4v) is 4.21. The van der Waals surface area contributed by atoms with Gasteiger partial charge in [0.1, 0.15) is 12.1 Å². The van der Waals surface area contributed by atoms with Gasteiger partial charge in [0.15, 0.2) is 0 Å². The SMILES string of the molecule is Cc1nn(-c2ccc(Cl)c(C(=O)NC(O)C3CCCCCC3)c2)c(=O)n1CC(C)(C)O. The number of hydrogen-bond acceptors (Lipinski definition) is 5. The predicted molar refractivity (Wildman–Crippen MR) is 119 cm³/mol. The van der Waals surface area contributed by atoms with E-state index in [9.17, 15) is 19.8 Å². The van der Waals surface area contributed by atoms with E-state index in [1.807, 2.05) is 0 Å². The third kappa shape index (κ3) is 5.75. The Morgan fingerprint density at radius 2 is 1.94 bits per heavy atom. The predicted octanol–water partition coefficient (Wildman–Crippen LogP) is 2.79. The van der Waals surface area contributed by atoms with E-state index < -0.39 is 23.4 Å². The Hall–Kier alpha value is -2.16. The number of amides is 1. The number of hydrogen-bond donors (Lipinski definition) is 3. The Morgan fingerprint density at radius 3 is 2.55 bits per heavy atom. The molecule has 1 aromatic heterocycles. The maximum atomic E-state index is 12.8. The van der Waals surface area contributed by atoms with Crippen LogP contribution in [0.3, 0.4) is 0 Å². The summed E-state index contributed by atoms with van der Waals surface area (Å²) in [5, 5.41) is 27.8. The fraction of sp³-hybridized carbons (Fsp3) is 0.591. The quantitative estimate of drug-likeness (QED) is 0.463. The van der Waals surface area contributed by atoms with Crippen molar-refractivity contribution in [3.8, 4) is 5.69 Å². The lowest BCUT2D eigenvalue weighted by atomic mass is 9.98. The molecule has 31 heavy (non-hydrogen) atoms. The Morgan fingerprint density at radius 1 is 1.29 bits per heavy atom. The summed E-state index contributed by atoms with van der Waals surface area (Å²) in [7, 11) is 0. The second-order valence-electron chi connectivity index (χ2n) is 8.97. The first-order valence-electron chi connectivity index (χ1n) is 10.7. The van der Waals surface area contributed by atoms with Gasteiger partial charge in [-0.25, -0.2) is 4.79 Å². The van der Waals surface area contributed by atoms with Gasteiger partial charge in [0, 0.05) is 5.92 Å². The highest BCUT2D eigenvalue weighted by atomic mass is 35.5. The topological polar surface area (TPSA) is 109 Å². The largest absolute Gasteiger partial charge is 0.389 e. The van der Waals surface area contributed by atoms with Crippen LogP contribution in [-0.2, 0) is 6.54 Å². The average Bonchev–Trinajstić information content (AvgIpc) is 2.89. The molecule has 0 spiro atoms. The number of halogens is 1. The lowest BCUT2D eigenvalue weighted by Gasteiger charge is -2.22. The summed E-state index contributed by atoms with van der Waals surface area (Å²) in [6, 6.07) is 4.61. The number of rotatable bonds is 6. The summed E-state index contributed by atoms with van der Waals surface area (Å²) in [5.74, 6) is -0.0302. The van der Waals surface area contributed by atoms with E-state index >= 15 is 0 Å². The summed E-state index contributed by atoms with van der Waals surface area (Å²) < 4.78 is 2.56. The lowest BCUT2D eigenvalue weighted by molar-refractivity contribution is 0.0531. The van der Waals surface area contributed by atoms with E-state index in [0.29, 0.717) is 11.5 Å². The molecule has 9 heteroatoms. The fourth-order valence-electron chi connectivity index (χ4n) is 4.01. The zero-order valence-electron chi connectivity index (χ0n) is 18.3. The monoisotopic (exact) mass is 450 g/mol. The van der Waals surface area contributed by atoms with Crippen molar-refractivity contribution in [2.45, 2.75) is 77.7 Å². The van der Waals surface area contributed by atoms with Crippen LogP contribution in [0.4, 0.5) is 0 Å². The second-order valence-corrected chi connectivity index (χ2v) is 9.38. The first-order chi connectivity index (χ1) is 14.6. The number of nitrogens with zero attached hydrogens (tertiary/aromatic N) is 3. The van der Waals surface area contributed by atoms with Crippen molar-refractivity contribution in [3.05, 3.63) is 45.1 Å². The van der Waals surface area contributed by atoms with Gasteiger partial charge in [-0.15, -0.1) is 0 Å². The number of aliphatic hydroxyl groups excluding tert-OH is 1. The van der Waals surface area contributed by atoms with Crippen LogP contribution < -0.4 is 11.0 Å². The number of carbonyl (C=O) groups excluding carboxylic acids is 1. The van der Waals surface area contributed by atoms with E-state index in [4.69, 9.17) is 11.6 Å². The summed E-state index contributed by atoms with van der Waals surface area (Å²) in [6.45, 7) is 4.99. The van der Waals surface area contributed by atoms with E-state index in [2.05, 4.69) is 10.4 Å². The third-order valence-corrected chi connectivity index (χ3v) is 5.99. The molecule has 1 aliphatic carbocycles. The van der Waals surface area contributed by atoms with Gasteiger partial charge in [0.25, 0.3) is 5.91 Å². The number of aliphatic hydroxyl groups is 2.